The molecule has 0 saturated carbocycles. The first-order valence-electron chi connectivity index (χ1n) is 8.67. The fraction of sp³-hybridized carbons (Fsp3) is 0.438. The van der Waals surface area contributed by atoms with Crippen LogP contribution in [0.25, 0.3) is 11.0 Å². The molecule has 1 aromatic carbocycles. The van der Waals surface area contributed by atoms with E-state index in [9.17, 15) is 24.5 Å². The summed E-state index contributed by atoms with van der Waals surface area (Å²) in [7, 11) is 0. The van der Waals surface area contributed by atoms with E-state index in [0.29, 0.717) is 36.6 Å². The van der Waals surface area contributed by atoms with Crippen LogP contribution in [0.15, 0.2) is 16.8 Å². The molecule has 0 bridgehead atoms. The number of anilines is 1. The van der Waals surface area contributed by atoms with E-state index in [2.05, 4.69) is 20.3 Å². The van der Waals surface area contributed by atoms with Gasteiger partial charge in [-0.25, -0.2) is 9.42 Å². The lowest BCUT2D eigenvalue weighted by Crippen LogP contribution is -2.31. The molecule has 1 aromatic heterocycles. The topological polar surface area (TPSA) is 158 Å². The van der Waals surface area contributed by atoms with Crippen molar-refractivity contribution in [2.45, 2.75) is 38.5 Å². The molecule has 0 spiro atoms. The number of amides is 2. The van der Waals surface area contributed by atoms with Crippen molar-refractivity contribution in [1.29, 1.82) is 0 Å². The molecule has 1 saturated heterocycles. The number of nitro benzene ring substituents is 1. The number of unbranched alkanes of at least 4 members (excludes halogenated alkanes) is 2. The van der Waals surface area contributed by atoms with Crippen LogP contribution in [0.1, 0.15) is 38.5 Å². The summed E-state index contributed by atoms with van der Waals surface area (Å²) in [6.45, 7) is 0.540. The summed E-state index contributed by atoms with van der Waals surface area (Å²) in [5.74, 6) is -1.62. The highest BCUT2D eigenvalue weighted by molar-refractivity contribution is 6.01. The van der Waals surface area contributed by atoms with Gasteiger partial charge in [0.15, 0.2) is 5.52 Å². The summed E-state index contributed by atoms with van der Waals surface area (Å²) >= 11 is 0. The van der Waals surface area contributed by atoms with Crippen LogP contribution in [-0.2, 0) is 19.2 Å². The van der Waals surface area contributed by atoms with Crippen LogP contribution < -0.4 is 5.32 Å². The number of nitro groups is 1. The number of carbonyl (C=O) groups is 3. The Kier molecular flexibility index (Phi) is 5.77. The van der Waals surface area contributed by atoms with Gasteiger partial charge in [0, 0.05) is 31.9 Å². The largest absolute Gasteiger partial charge is 0.383 e. The molecular formula is C16H17N5O7. The number of rotatable bonds is 9. The van der Waals surface area contributed by atoms with Crippen LogP contribution in [0.4, 0.5) is 11.4 Å². The number of hydrogen-bond donors (Lipinski definition) is 1. The van der Waals surface area contributed by atoms with E-state index in [1.165, 1.54) is 12.1 Å². The number of aromatic nitrogens is 2. The molecule has 28 heavy (non-hydrogen) atoms. The molecule has 2 amide bonds. The van der Waals surface area contributed by atoms with Gasteiger partial charge in [0.1, 0.15) is 0 Å². The second kappa shape index (κ2) is 8.41. The summed E-state index contributed by atoms with van der Waals surface area (Å²) in [4.78, 5) is 49.6. The molecule has 1 aliphatic rings. The van der Waals surface area contributed by atoms with Gasteiger partial charge in [0.2, 0.25) is 5.52 Å². The second-order valence-electron chi connectivity index (χ2n) is 6.13. The van der Waals surface area contributed by atoms with Gasteiger partial charge in [-0.2, -0.15) is 0 Å². The average molecular weight is 391 g/mol. The van der Waals surface area contributed by atoms with Crippen LogP contribution in [0.5, 0.6) is 0 Å². The van der Waals surface area contributed by atoms with Crippen LogP contribution in [0.3, 0.4) is 0 Å². The third-order valence-corrected chi connectivity index (χ3v) is 4.16. The number of benzene rings is 1. The van der Waals surface area contributed by atoms with Crippen molar-refractivity contribution in [3.05, 3.63) is 22.2 Å². The number of carbonyl (C=O) groups excluding carboxylic acids is 3. The van der Waals surface area contributed by atoms with Gasteiger partial charge in [-0.15, -0.1) is 5.06 Å². The first-order chi connectivity index (χ1) is 13.5. The smallest absolute Gasteiger partial charge is 0.333 e. The van der Waals surface area contributed by atoms with Crippen molar-refractivity contribution in [2.24, 2.45) is 0 Å². The zero-order valence-electron chi connectivity index (χ0n) is 14.8. The monoisotopic (exact) mass is 391 g/mol. The first kappa shape index (κ1) is 19.2. The third-order valence-electron chi connectivity index (χ3n) is 4.16. The Labute approximate surface area is 157 Å². The first-order valence-corrected chi connectivity index (χ1v) is 8.67. The Bertz CT molecular complexity index is 909. The maximum absolute atomic E-state index is 11.7. The number of non-ortho nitro benzene ring substituents is 1. The predicted molar refractivity (Wildman–Crippen MR) is 92.6 cm³/mol. The maximum Gasteiger partial charge on any atom is 0.333 e. The number of hydrogen-bond acceptors (Lipinski definition) is 10. The van der Waals surface area contributed by atoms with Crippen molar-refractivity contribution in [3.63, 3.8) is 0 Å². The minimum Gasteiger partial charge on any atom is -0.383 e. The molecule has 1 fully saturated rings. The van der Waals surface area contributed by atoms with Crippen LogP contribution in [0.2, 0.25) is 0 Å². The van der Waals surface area contributed by atoms with E-state index in [1.54, 1.807) is 0 Å². The number of fused-ring (bicyclic) bond motifs is 1. The summed E-state index contributed by atoms with van der Waals surface area (Å²) in [6, 6.07) is 2.86. The number of imide groups is 1. The van der Waals surface area contributed by atoms with Gasteiger partial charge in [-0.3, -0.25) is 19.7 Å². The number of hydroxylamine groups is 2. The molecule has 148 valence electrons. The molecule has 12 nitrogen and oxygen atoms in total. The molecule has 0 aliphatic carbocycles. The molecule has 2 heterocycles. The molecule has 0 unspecified atom stereocenters. The third kappa shape index (κ3) is 4.22. The standard InChI is InChI=1S/C16H17N5O7/c22-12-7-8-13(23)20(12)27-14(24)4-2-1-3-9-17-10-5-6-11(21(25)26)16-15(10)18-28-19-16/h5-6,17H,1-4,7-9H2. The highest BCUT2D eigenvalue weighted by Gasteiger charge is 2.32. The lowest BCUT2D eigenvalue weighted by molar-refractivity contribution is -0.383. The van der Waals surface area contributed by atoms with E-state index in [0.717, 1.165) is 0 Å². The molecule has 12 heteroatoms. The second-order valence-corrected chi connectivity index (χ2v) is 6.13. The van der Waals surface area contributed by atoms with E-state index >= 15 is 0 Å². The van der Waals surface area contributed by atoms with Gasteiger partial charge in [-0.1, -0.05) is 6.42 Å². The Hall–Kier alpha value is -3.57. The SMILES string of the molecule is O=C(CCCCCNc1ccc([N+](=O)[O-])c2nonc12)ON1C(=O)CCC1=O. The zero-order valence-corrected chi connectivity index (χ0v) is 14.8. The minimum atomic E-state index is -0.623. The molecule has 1 N–H and O–H groups in total. The van der Waals surface area contributed by atoms with Gasteiger partial charge >= 0.3 is 11.7 Å². The Morgan fingerprint density at radius 2 is 1.89 bits per heavy atom. The molecule has 1 aliphatic heterocycles. The molecule has 0 radical (unpaired) electrons. The highest BCUT2D eigenvalue weighted by Crippen LogP contribution is 2.28. The van der Waals surface area contributed by atoms with Crippen molar-refractivity contribution in [1.82, 2.24) is 15.4 Å². The Balaban J connectivity index is 1.39. The summed E-state index contributed by atoms with van der Waals surface area (Å²) in [5.41, 5.74) is 0.726. The van der Waals surface area contributed by atoms with E-state index < -0.39 is 22.7 Å². The van der Waals surface area contributed by atoms with Gasteiger partial charge < -0.3 is 10.2 Å². The number of nitrogens with zero attached hydrogens (tertiary/aromatic N) is 4. The summed E-state index contributed by atoms with van der Waals surface area (Å²) in [6.07, 6.45) is 2.14. The van der Waals surface area contributed by atoms with Gasteiger partial charge in [-0.05, 0) is 29.2 Å². The summed E-state index contributed by atoms with van der Waals surface area (Å²) < 4.78 is 4.59. The van der Waals surface area contributed by atoms with Crippen molar-refractivity contribution in [3.8, 4) is 0 Å². The predicted octanol–water partition coefficient (Wildman–Crippen LogP) is 1.71. The lowest BCUT2D eigenvalue weighted by Gasteiger charge is -2.12. The quantitative estimate of drug-likeness (QED) is 0.288. The van der Waals surface area contributed by atoms with Crippen molar-refractivity contribution >= 4 is 40.2 Å². The van der Waals surface area contributed by atoms with Crippen molar-refractivity contribution < 1.29 is 28.8 Å². The van der Waals surface area contributed by atoms with E-state index in [-0.39, 0.29) is 36.0 Å². The fourth-order valence-corrected chi connectivity index (χ4v) is 2.74. The molecular weight excluding hydrogens is 374 g/mol. The summed E-state index contributed by atoms with van der Waals surface area (Å²) in [5, 5.41) is 21.8. The molecule has 3 rings (SSSR count). The van der Waals surface area contributed by atoms with E-state index in [4.69, 9.17) is 4.84 Å². The zero-order chi connectivity index (χ0) is 20.1. The lowest BCUT2D eigenvalue weighted by atomic mass is 10.2. The average Bonchev–Trinajstić information content (AvgIpc) is 3.27. The molecule has 0 atom stereocenters. The Morgan fingerprint density at radius 3 is 2.61 bits per heavy atom. The van der Waals surface area contributed by atoms with Gasteiger partial charge in [0.25, 0.3) is 11.8 Å². The van der Waals surface area contributed by atoms with Crippen molar-refractivity contribution in [2.75, 3.05) is 11.9 Å². The minimum absolute atomic E-state index is 0.0642. The highest BCUT2D eigenvalue weighted by atomic mass is 16.7. The van der Waals surface area contributed by atoms with Crippen LogP contribution >= 0.6 is 0 Å². The van der Waals surface area contributed by atoms with E-state index in [1.807, 2.05) is 0 Å². The Morgan fingerprint density at radius 1 is 1.18 bits per heavy atom. The van der Waals surface area contributed by atoms with Crippen LogP contribution in [0, 0.1) is 10.1 Å². The fourth-order valence-electron chi connectivity index (χ4n) is 2.74. The molecule has 2 aromatic rings. The normalized spacial score (nSPS) is 13.9. The maximum atomic E-state index is 11.7. The van der Waals surface area contributed by atoms with Gasteiger partial charge in [0.05, 0.1) is 10.6 Å². The van der Waals surface area contributed by atoms with Crippen LogP contribution in [-0.4, -0.2) is 44.6 Å². The number of nitrogens with one attached hydrogen (secondary N) is 1.